The molecule has 0 unspecified atom stereocenters. The van der Waals surface area contributed by atoms with Gasteiger partial charge in [-0.15, -0.1) is 17.5 Å². The minimum absolute atomic E-state index is 0. The van der Waals surface area contributed by atoms with Crippen molar-refractivity contribution in [2.24, 2.45) is 5.73 Å². The molecule has 5 rings (SSSR count). The van der Waals surface area contributed by atoms with Crippen molar-refractivity contribution >= 4 is 12.4 Å². The number of aryl methyl sites for hydroxylation is 1. The molecule has 0 radical (unpaired) electrons. The second-order valence-corrected chi connectivity index (χ2v) is 7.60. The van der Waals surface area contributed by atoms with Gasteiger partial charge >= 0.3 is 0 Å². The van der Waals surface area contributed by atoms with Crippen molar-refractivity contribution in [3.05, 3.63) is 35.9 Å². The number of fused-ring (bicyclic) bond motifs is 1. The molecule has 2 aliphatic rings. The van der Waals surface area contributed by atoms with E-state index in [4.69, 9.17) is 30.0 Å². The first-order valence-corrected chi connectivity index (χ1v) is 9.79. The Hall–Kier alpha value is -2.62. The molecule has 3 N–H and O–H groups in total. The van der Waals surface area contributed by atoms with E-state index in [-0.39, 0.29) is 37.3 Å². The van der Waals surface area contributed by atoms with Gasteiger partial charge in [-0.25, -0.2) is 9.67 Å². The lowest BCUT2D eigenvalue weighted by Crippen LogP contribution is -2.41. The SMILES string of the molecule is CO[C@@H]1C[C@@H](c2nc(-c3cn[nH]c3C)nn2-c2ccc3c(c2)OCO3)CC[C@H]1N.Cl. The summed E-state index contributed by atoms with van der Waals surface area (Å²) in [7, 11) is 1.72. The van der Waals surface area contributed by atoms with Gasteiger partial charge in [-0.05, 0) is 38.3 Å². The first kappa shape index (κ1) is 20.6. The molecule has 1 aromatic carbocycles. The molecule has 3 aromatic rings. The fourth-order valence-electron chi connectivity index (χ4n) is 4.14. The van der Waals surface area contributed by atoms with Crippen LogP contribution in [0.15, 0.2) is 24.4 Å². The topological polar surface area (TPSA) is 113 Å². The van der Waals surface area contributed by atoms with Gasteiger partial charge in [0.25, 0.3) is 0 Å². The summed E-state index contributed by atoms with van der Waals surface area (Å²) >= 11 is 0. The number of aromatic amines is 1. The van der Waals surface area contributed by atoms with Crippen molar-refractivity contribution in [2.75, 3.05) is 13.9 Å². The Labute approximate surface area is 180 Å². The summed E-state index contributed by atoms with van der Waals surface area (Å²) in [4.78, 5) is 4.92. The van der Waals surface area contributed by atoms with Crippen molar-refractivity contribution in [2.45, 2.75) is 44.2 Å². The number of aromatic nitrogens is 5. The summed E-state index contributed by atoms with van der Waals surface area (Å²) < 4.78 is 18.5. The molecule has 0 amide bonds. The van der Waals surface area contributed by atoms with Crippen molar-refractivity contribution in [1.29, 1.82) is 0 Å². The fourth-order valence-corrected chi connectivity index (χ4v) is 4.14. The largest absolute Gasteiger partial charge is 0.454 e. The van der Waals surface area contributed by atoms with Crippen LogP contribution in [0.5, 0.6) is 11.5 Å². The van der Waals surface area contributed by atoms with Crippen LogP contribution in [0.3, 0.4) is 0 Å². The Morgan fingerprint density at radius 1 is 1.23 bits per heavy atom. The van der Waals surface area contributed by atoms with Gasteiger partial charge in [0.15, 0.2) is 17.3 Å². The van der Waals surface area contributed by atoms with E-state index in [9.17, 15) is 0 Å². The zero-order valence-electron chi connectivity index (χ0n) is 16.9. The third-order valence-electron chi connectivity index (χ3n) is 5.81. The Balaban J connectivity index is 0.00000218. The van der Waals surface area contributed by atoms with Gasteiger partial charge in [-0.1, -0.05) is 0 Å². The maximum absolute atomic E-state index is 6.23. The highest BCUT2D eigenvalue weighted by molar-refractivity contribution is 5.85. The van der Waals surface area contributed by atoms with Gasteiger partial charge in [-0.3, -0.25) is 5.10 Å². The number of hydrogen-bond donors (Lipinski definition) is 2. The predicted molar refractivity (Wildman–Crippen MR) is 112 cm³/mol. The molecule has 1 fully saturated rings. The zero-order chi connectivity index (χ0) is 20.0. The molecule has 1 aliphatic heterocycles. The maximum atomic E-state index is 6.23. The number of nitrogens with one attached hydrogen (secondary N) is 1. The van der Waals surface area contributed by atoms with E-state index in [2.05, 4.69) is 10.2 Å². The maximum Gasteiger partial charge on any atom is 0.231 e. The summed E-state index contributed by atoms with van der Waals surface area (Å²) in [6, 6.07) is 5.86. The van der Waals surface area contributed by atoms with E-state index in [0.29, 0.717) is 11.6 Å². The smallest absolute Gasteiger partial charge is 0.231 e. The minimum Gasteiger partial charge on any atom is -0.454 e. The lowest BCUT2D eigenvalue weighted by molar-refractivity contribution is 0.0459. The quantitative estimate of drug-likeness (QED) is 0.651. The van der Waals surface area contributed by atoms with Gasteiger partial charge < -0.3 is 19.9 Å². The van der Waals surface area contributed by atoms with E-state index in [1.54, 1.807) is 13.3 Å². The molecule has 10 heteroatoms. The summed E-state index contributed by atoms with van der Waals surface area (Å²) in [6.07, 6.45) is 4.40. The normalized spacial score (nSPS) is 22.7. The van der Waals surface area contributed by atoms with Crippen LogP contribution in [0.4, 0.5) is 0 Å². The van der Waals surface area contributed by atoms with Gasteiger partial charge in [0.05, 0.1) is 23.6 Å². The molecule has 0 spiro atoms. The van der Waals surface area contributed by atoms with Crippen LogP contribution in [-0.2, 0) is 4.74 Å². The van der Waals surface area contributed by atoms with E-state index in [0.717, 1.165) is 47.8 Å². The minimum atomic E-state index is 0. The van der Waals surface area contributed by atoms with Crippen LogP contribution < -0.4 is 15.2 Å². The highest BCUT2D eigenvalue weighted by atomic mass is 35.5. The van der Waals surface area contributed by atoms with Crippen molar-refractivity contribution < 1.29 is 14.2 Å². The average molecular weight is 433 g/mol. The van der Waals surface area contributed by atoms with Crippen molar-refractivity contribution in [3.8, 4) is 28.6 Å². The molecule has 0 saturated heterocycles. The van der Waals surface area contributed by atoms with Crippen LogP contribution in [-0.4, -0.2) is 51.0 Å². The third kappa shape index (κ3) is 3.53. The lowest BCUT2D eigenvalue weighted by atomic mass is 9.83. The first-order chi connectivity index (χ1) is 14.1. The van der Waals surface area contributed by atoms with Crippen LogP contribution in [0.2, 0.25) is 0 Å². The predicted octanol–water partition coefficient (Wildman–Crippen LogP) is 2.73. The molecule has 30 heavy (non-hydrogen) atoms. The number of nitrogens with two attached hydrogens (primary N) is 1. The number of nitrogens with zero attached hydrogens (tertiary/aromatic N) is 4. The van der Waals surface area contributed by atoms with Gasteiger partial charge in [0.1, 0.15) is 5.82 Å². The summed E-state index contributed by atoms with van der Waals surface area (Å²) in [5.74, 6) is 3.19. The second-order valence-electron chi connectivity index (χ2n) is 7.60. The Bertz CT molecular complexity index is 1040. The highest BCUT2D eigenvalue weighted by Crippen LogP contribution is 2.37. The van der Waals surface area contributed by atoms with Crippen molar-refractivity contribution in [3.63, 3.8) is 0 Å². The van der Waals surface area contributed by atoms with E-state index < -0.39 is 0 Å². The third-order valence-corrected chi connectivity index (χ3v) is 5.81. The van der Waals surface area contributed by atoms with Crippen LogP contribution in [0.25, 0.3) is 17.1 Å². The Morgan fingerprint density at radius 3 is 2.83 bits per heavy atom. The standard InChI is InChI=1S/C20H24N6O3.ClH/c1-11-14(9-22-24-11)19-23-20(12-3-5-15(21)17(7-12)27-2)26(25-19)13-4-6-16-18(8-13)29-10-28-16;/h4,6,8-9,12,15,17H,3,5,7,10,21H2,1-2H3,(H,22,24);1H/t12-,15+,17+;/m0./s1. The van der Waals surface area contributed by atoms with Crippen LogP contribution in [0, 0.1) is 6.92 Å². The molecule has 1 aliphatic carbocycles. The molecule has 160 valence electrons. The van der Waals surface area contributed by atoms with Crippen LogP contribution in [0.1, 0.15) is 36.7 Å². The summed E-state index contributed by atoms with van der Waals surface area (Å²) in [6.45, 7) is 2.20. The number of H-pyrrole nitrogens is 1. The number of ether oxygens (including phenoxy) is 3. The fraction of sp³-hybridized carbons (Fsp3) is 0.450. The van der Waals surface area contributed by atoms with E-state index >= 15 is 0 Å². The van der Waals surface area contributed by atoms with Gasteiger partial charge in [0, 0.05) is 30.8 Å². The second kappa shape index (κ2) is 8.25. The monoisotopic (exact) mass is 432 g/mol. The molecule has 2 aromatic heterocycles. The van der Waals surface area contributed by atoms with Crippen LogP contribution >= 0.6 is 12.4 Å². The van der Waals surface area contributed by atoms with Gasteiger partial charge in [-0.2, -0.15) is 5.10 Å². The van der Waals surface area contributed by atoms with Gasteiger partial charge in [0.2, 0.25) is 6.79 Å². The Morgan fingerprint density at radius 2 is 2.07 bits per heavy atom. The molecule has 3 heterocycles. The van der Waals surface area contributed by atoms with E-state index in [1.807, 2.05) is 29.8 Å². The highest BCUT2D eigenvalue weighted by Gasteiger charge is 2.33. The number of halogens is 1. The molecule has 3 atom stereocenters. The zero-order valence-corrected chi connectivity index (χ0v) is 17.7. The lowest BCUT2D eigenvalue weighted by Gasteiger charge is -2.32. The molecule has 1 saturated carbocycles. The average Bonchev–Trinajstić information content (AvgIpc) is 3.46. The number of hydrogen-bond acceptors (Lipinski definition) is 7. The Kier molecular flexibility index (Phi) is 5.68. The molecule has 0 bridgehead atoms. The molecular formula is C20H25ClN6O3. The van der Waals surface area contributed by atoms with E-state index in [1.165, 1.54) is 0 Å². The number of rotatable bonds is 4. The molecule has 9 nitrogen and oxygen atoms in total. The summed E-state index contributed by atoms with van der Waals surface area (Å²) in [5.41, 5.74) is 8.94. The summed E-state index contributed by atoms with van der Waals surface area (Å²) in [5, 5.41) is 11.9. The number of benzene rings is 1. The molecular weight excluding hydrogens is 408 g/mol. The number of methoxy groups -OCH3 is 1. The first-order valence-electron chi connectivity index (χ1n) is 9.79. The van der Waals surface area contributed by atoms with Crippen molar-refractivity contribution in [1.82, 2.24) is 25.0 Å².